The summed E-state index contributed by atoms with van der Waals surface area (Å²) in [6.45, 7) is 0. The van der Waals surface area contributed by atoms with Gasteiger partial charge in [0.15, 0.2) is 0 Å². The van der Waals surface area contributed by atoms with Crippen molar-refractivity contribution < 1.29 is 4.79 Å². The normalized spacial score (nSPS) is 10.1. The zero-order valence-corrected chi connectivity index (χ0v) is 7.92. The number of nitrogens with zero attached hydrogens (tertiary/aromatic N) is 2. The van der Waals surface area contributed by atoms with Crippen molar-refractivity contribution in [2.75, 3.05) is 5.73 Å². The fourth-order valence-corrected chi connectivity index (χ4v) is 1.39. The minimum absolute atomic E-state index is 0.321. The first kappa shape index (κ1) is 9.26. The summed E-state index contributed by atoms with van der Waals surface area (Å²) >= 11 is 0. The molecule has 0 bridgehead atoms. The summed E-state index contributed by atoms with van der Waals surface area (Å²) < 4.78 is 1.72. The Balaban J connectivity index is 2.59. The predicted molar refractivity (Wildman–Crippen MR) is 56.5 cm³/mol. The number of para-hydroxylation sites is 1. The first-order chi connectivity index (χ1) is 7.20. The van der Waals surface area contributed by atoms with Gasteiger partial charge in [-0.2, -0.15) is 0 Å². The van der Waals surface area contributed by atoms with Gasteiger partial charge < -0.3 is 16.0 Å². The third kappa shape index (κ3) is 1.54. The average molecular weight is 202 g/mol. The first-order valence-corrected chi connectivity index (χ1v) is 4.37. The molecule has 0 aliphatic carbocycles. The summed E-state index contributed by atoms with van der Waals surface area (Å²) in [5.41, 5.74) is 12.4. The van der Waals surface area contributed by atoms with Crippen LogP contribution in [0.4, 0.5) is 5.69 Å². The molecule has 0 aliphatic rings. The smallest absolute Gasteiger partial charge is 0.250 e. The molecule has 0 aliphatic heterocycles. The zero-order valence-electron chi connectivity index (χ0n) is 7.92. The van der Waals surface area contributed by atoms with E-state index in [-0.39, 0.29) is 0 Å². The van der Waals surface area contributed by atoms with Crippen LogP contribution in [0.5, 0.6) is 0 Å². The van der Waals surface area contributed by atoms with Gasteiger partial charge in [-0.3, -0.25) is 4.79 Å². The van der Waals surface area contributed by atoms with Gasteiger partial charge in [0.25, 0.3) is 5.91 Å². The van der Waals surface area contributed by atoms with Gasteiger partial charge in [0, 0.05) is 12.4 Å². The molecule has 0 spiro atoms. The maximum Gasteiger partial charge on any atom is 0.250 e. The molecule has 0 fully saturated rings. The molecule has 0 saturated carbocycles. The van der Waals surface area contributed by atoms with Crippen molar-refractivity contribution in [2.45, 2.75) is 0 Å². The van der Waals surface area contributed by atoms with Crippen LogP contribution in [0.15, 0.2) is 36.9 Å². The van der Waals surface area contributed by atoms with Crippen LogP contribution in [0.1, 0.15) is 10.4 Å². The van der Waals surface area contributed by atoms with Crippen LogP contribution in [0, 0.1) is 0 Å². The van der Waals surface area contributed by atoms with E-state index in [1.807, 2.05) is 0 Å². The Hall–Kier alpha value is -2.30. The van der Waals surface area contributed by atoms with Gasteiger partial charge in [-0.1, -0.05) is 6.07 Å². The highest BCUT2D eigenvalue weighted by molar-refractivity contribution is 5.99. The predicted octanol–water partition coefficient (Wildman–Crippen LogP) is 0.553. The lowest BCUT2D eigenvalue weighted by atomic mass is 10.1. The molecule has 5 heteroatoms. The van der Waals surface area contributed by atoms with E-state index < -0.39 is 5.91 Å². The van der Waals surface area contributed by atoms with Crippen LogP contribution in [0.2, 0.25) is 0 Å². The molecule has 2 aromatic rings. The average Bonchev–Trinajstić information content (AvgIpc) is 2.70. The lowest BCUT2D eigenvalue weighted by molar-refractivity contribution is 0.100. The second-order valence-electron chi connectivity index (χ2n) is 3.07. The van der Waals surface area contributed by atoms with Gasteiger partial charge >= 0.3 is 0 Å². The second kappa shape index (κ2) is 3.45. The number of aromatic nitrogens is 2. The molecule has 0 saturated heterocycles. The van der Waals surface area contributed by atoms with Crippen LogP contribution in [0.25, 0.3) is 5.69 Å². The van der Waals surface area contributed by atoms with Crippen LogP contribution < -0.4 is 11.5 Å². The summed E-state index contributed by atoms with van der Waals surface area (Å²) in [6, 6.07) is 5.12. The third-order valence-electron chi connectivity index (χ3n) is 2.13. The number of primary amides is 1. The van der Waals surface area contributed by atoms with Gasteiger partial charge in [-0.05, 0) is 12.1 Å². The number of rotatable bonds is 2. The number of carbonyl (C=O) groups is 1. The van der Waals surface area contributed by atoms with Crippen molar-refractivity contribution in [3.63, 3.8) is 0 Å². The van der Waals surface area contributed by atoms with Gasteiger partial charge in [0.1, 0.15) is 0 Å². The number of carbonyl (C=O) groups excluding carboxylic acids is 1. The van der Waals surface area contributed by atoms with Crippen molar-refractivity contribution in [1.29, 1.82) is 0 Å². The van der Waals surface area contributed by atoms with Gasteiger partial charge in [-0.15, -0.1) is 0 Å². The molecular formula is C10H10N4O. The van der Waals surface area contributed by atoms with E-state index in [0.29, 0.717) is 16.9 Å². The lowest BCUT2D eigenvalue weighted by Crippen LogP contribution is -2.14. The van der Waals surface area contributed by atoms with E-state index >= 15 is 0 Å². The molecule has 0 unspecified atom stereocenters. The van der Waals surface area contributed by atoms with Crippen LogP contribution in [0.3, 0.4) is 0 Å². The highest BCUT2D eigenvalue weighted by atomic mass is 16.1. The number of imidazole rings is 1. The van der Waals surface area contributed by atoms with Crippen LogP contribution in [-0.2, 0) is 0 Å². The second-order valence-corrected chi connectivity index (χ2v) is 3.07. The number of anilines is 1. The molecule has 0 radical (unpaired) electrons. The number of hydrogen-bond acceptors (Lipinski definition) is 3. The van der Waals surface area contributed by atoms with E-state index in [0.717, 1.165) is 0 Å². The Bertz CT molecular complexity index is 490. The van der Waals surface area contributed by atoms with Crippen molar-refractivity contribution >= 4 is 11.6 Å². The number of hydrogen-bond donors (Lipinski definition) is 2. The van der Waals surface area contributed by atoms with Crippen molar-refractivity contribution in [3.05, 3.63) is 42.5 Å². The van der Waals surface area contributed by atoms with E-state index in [1.54, 1.807) is 41.5 Å². The van der Waals surface area contributed by atoms with Crippen molar-refractivity contribution in [2.24, 2.45) is 5.73 Å². The number of benzene rings is 1. The largest absolute Gasteiger partial charge is 0.396 e. The quantitative estimate of drug-likeness (QED) is 0.697. The Morgan fingerprint density at radius 3 is 2.80 bits per heavy atom. The first-order valence-electron chi connectivity index (χ1n) is 4.37. The van der Waals surface area contributed by atoms with Gasteiger partial charge in [0.2, 0.25) is 0 Å². The Kier molecular flexibility index (Phi) is 2.13. The zero-order chi connectivity index (χ0) is 10.8. The molecule has 4 N–H and O–H groups in total. The molecule has 76 valence electrons. The molecular weight excluding hydrogens is 192 g/mol. The molecule has 1 amide bonds. The SMILES string of the molecule is NC(=O)c1cccc(-n2ccnc2)c1N. The minimum Gasteiger partial charge on any atom is -0.396 e. The third-order valence-corrected chi connectivity index (χ3v) is 2.13. The molecule has 1 heterocycles. The van der Waals surface area contributed by atoms with Crippen molar-refractivity contribution in [1.82, 2.24) is 9.55 Å². The summed E-state index contributed by atoms with van der Waals surface area (Å²) in [7, 11) is 0. The number of nitrogen functional groups attached to an aromatic ring is 1. The van der Waals surface area contributed by atoms with Crippen LogP contribution in [-0.4, -0.2) is 15.5 Å². The van der Waals surface area contributed by atoms with Crippen molar-refractivity contribution in [3.8, 4) is 5.69 Å². The number of nitrogens with two attached hydrogens (primary N) is 2. The summed E-state index contributed by atoms with van der Waals surface area (Å²) in [4.78, 5) is 15.0. The summed E-state index contributed by atoms with van der Waals surface area (Å²) in [5.74, 6) is -0.533. The minimum atomic E-state index is -0.533. The Labute approximate surface area is 86.3 Å². The maximum atomic E-state index is 11.1. The topological polar surface area (TPSA) is 86.9 Å². The van der Waals surface area contributed by atoms with E-state index in [9.17, 15) is 4.79 Å². The van der Waals surface area contributed by atoms with Gasteiger partial charge in [0.05, 0.1) is 23.3 Å². The fraction of sp³-hybridized carbons (Fsp3) is 0. The maximum absolute atomic E-state index is 11.1. The highest BCUT2D eigenvalue weighted by Gasteiger charge is 2.09. The Morgan fingerprint density at radius 1 is 1.40 bits per heavy atom. The molecule has 1 aromatic carbocycles. The lowest BCUT2D eigenvalue weighted by Gasteiger charge is -2.08. The molecule has 5 nitrogen and oxygen atoms in total. The fourth-order valence-electron chi connectivity index (χ4n) is 1.39. The molecule has 0 atom stereocenters. The summed E-state index contributed by atoms with van der Waals surface area (Å²) in [6.07, 6.45) is 4.99. The van der Waals surface area contributed by atoms with E-state index in [2.05, 4.69) is 4.98 Å². The molecule has 2 rings (SSSR count). The monoisotopic (exact) mass is 202 g/mol. The molecule has 15 heavy (non-hydrogen) atoms. The van der Waals surface area contributed by atoms with Gasteiger partial charge in [-0.25, -0.2) is 4.98 Å². The van der Waals surface area contributed by atoms with E-state index in [4.69, 9.17) is 11.5 Å². The highest BCUT2D eigenvalue weighted by Crippen LogP contribution is 2.20. The Morgan fingerprint density at radius 2 is 2.20 bits per heavy atom. The standard InChI is InChI=1S/C10H10N4O/c11-9-7(10(12)15)2-1-3-8(9)14-5-4-13-6-14/h1-6H,11H2,(H2,12,15). The van der Waals surface area contributed by atoms with E-state index in [1.165, 1.54) is 0 Å². The molecule has 1 aromatic heterocycles. The van der Waals surface area contributed by atoms with Crippen LogP contribution >= 0.6 is 0 Å². The summed E-state index contributed by atoms with van der Waals surface area (Å²) in [5, 5.41) is 0. The number of amides is 1.